The molecule has 5 heteroatoms. The van der Waals surface area contributed by atoms with Crippen LogP contribution < -0.4 is 5.32 Å². The second-order valence-corrected chi connectivity index (χ2v) is 4.87. The average Bonchev–Trinajstić information content (AvgIpc) is 2.85. The normalized spacial score (nSPS) is 10.4. The molecular formula is C14H15NO3S. The van der Waals surface area contributed by atoms with Crippen LogP contribution in [0.3, 0.4) is 0 Å². The summed E-state index contributed by atoms with van der Waals surface area (Å²) in [4.78, 5) is 11.1. The third-order valence-electron chi connectivity index (χ3n) is 2.61. The molecule has 0 saturated carbocycles. The van der Waals surface area contributed by atoms with E-state index < -0.39 is 5.97 Å². The van der Waals surface area contributed by atoms with E-state index in [-0.39, 0.29) is 5.56 Å². The number of benzene rings is 1. The fourth-order valence-corrected chi connectivity index (χ4v) is 2.18. The number of hydrogen-bond acceptors (Lipinski definition) is 4. The van der Waals surface area contributed by atoms with Crippen molar-refractivity contribution in [2.75, 3.05) is 11.6 Å². The number of anilines is 1. The van der Waals surface area contributed by atoms with E-state index in [2.05, 4.69) is 5.32 Å². The van der Waals surface area contributed by atoms with Gasteiger partial charge in [-0.2, -0.15) is 11.8 Å². The van der Waals surface area contributed by atoms with Crippen LogP contribution in [0.1, 0.15) is 21.9 Å². The van der Waals surface area contributed by atoms with Crippen molar-refractivity contribution in [1.82, 2.24) is 0 Å². The summed E-state index contributed by atoms with van der Waals surface area (Å²) in [6, 6.07) is 10.7. The summed E-state index contributed by atoms with van der Waals surface area (Å²) >= 11 is 1.70. The highest BCUT2D eigenvalue weighted by atomic mass is 32.2. The van der Waals surface area contributed by atoms with Crippen molar-refractivity contribution in [2.45, 2.75) is 12.3 Å². The van der Waals surface area contributed by atoms with Gasteiger partial charge in [-0.25, -0.2) is 4.79 Å². The molecule has 19 heavy (non-hydrogen) atoms. The molecule has 0 aliphatic carbocycles. The van der Waals surface area contributed by atoms with Crippen LogP contribution in [-0.4, -0.2) is 17.3 Å². The van der Waals surface area contributed by atoms with Crippen molar-refractivity contribution in [1.29, 1.82) is 0 Å². The van der Waals surface area contributed by atoms with Gasteiger partial charge in [-0.05, 0) is 30.5 Å². The van der Waals surface area contributed by atoms with Crippen LogP contribution in [0, 0.1) is 0 Å². The van der Waals surface area contributed by atoms with E-state index in [1.807, 2.05) is 18.4 Å². The van der Waals surface area contributed by atoms with E-state index in [9.17, 15) is 4.79 Å². The number of carboxylic acids is 1. The first-order valence-corrected chi connectivity index (χ1v) is 7.23. The van der Waals surface area contributed by atoms with E-state index in [4.69, 9.17) is 9.52 Å². The summed E-state index contributed by atoms with van der Waals surface area (Å²) in [5, 5.41) is 12.2. The molecular weight excluding hydrogens is 262 g/mol. The minimum atomic E-state index is -0.939. The third-order valence-corrected chi connectivity index (χ3v) is 3.19. The molecule has 0 saturated heterocycles. The number of carboxylic acid groups (broad SMARTS) is 1. The van der Waals surface area contributed by atoms with Crippen molar-refractivity contribution in [3.8, 4) is 0 Å². The van der Waals surface area contributed by atoms with Gasteiger partial charge < -0.3 is 14.8 Å². The Balaban J connectivity index is 2.03. The zero-order valence-corrected chi connectivity index (χ0v) is 11.4. The molecule has 4 nitrogen and oxygen atoms in total. The van der Waals surface area contributed by atoms with E-state index in [1.54, 1.807) is 36.0 Å². The van der Waals surface area contributed by atoms with Gasteiger partial charge in [0.05, 0.1) is 17.9 Å². The molecule has 2 aromatic rings. The van der Waals surface area contributed by atoms with E-state index in [1.165, 1.54) is 0 Å². The lowest BCUT2D eigenvalue weighted by Gasteiger charge is -2.07. The van der Waals surface area contributed by atoms with Crippen molar-refractivity contribution < 1.29 is 14.3 Å². The predicted molar refractivity (Wildman–Crippen MR) is 76.7 cm³/mol. The zero-order chi connectivity index (χ0) is 13.7. The van der Waals surface area contributed by atoms with Crippen molar-refractivity contribution >= 4 is 23.4 Å². The lowest BCUT2D eigenvalue weighted by atomic mass is 10.2. The first-order chi connectivity index (χ1) is 9.20. The van der Waals surface area contributed by atoms with E-state index in [0.717, 1.165) is 17.3 Å². The quantitative estimate of drug-likeness (QED) is 0.846. The van der Waals surface area contributed by atoms with Gasteiger partial charge in [0.15, 0.2) is 0 Å². The second kappa shape index (κ2) is 6.33. The van der Waals surface area contributed by atoms with E-state index >= 15 is 0 Å². The number of rotatable bonds is 6. The number of hydrogen-bond donors (Lipinski definition) is 2. The van der Waals surface area contributed by atoms with E-state index in [0.29, 0.717) is 12.2 Å². The Morgan fingerprint density at radius 3 is 2.74 bits per heavy atom. The predicted octanol–water partition coefficient (Wildman–Crippen LogP) is 3.45. The van der Waals surface area contributed by atoms with Crippen molar-refractivity contribution in [3.05, 3.63) is 53.5 Å². The van der Waals surface area contributed by atoms with Gasteiger partial charge in [-0.3, -0.25) is 0 Å². The second-order valence-electron chi connectivity index (χ2n) is 4.01. The molecule has 0 radical (unpaired) electrons. The molecule has 1 aromatic carbocycles. The van der Waals surface area contributed by atoms with Gasteiger partial charge in [0, 0.05) is 5.69 Å². The van der Waals surface area contributed by atoms with Crippen LogP contribution in [0.15, 0.2) is 40.8 Å². The molecule has 0 aliphatic rings. The number of thioether (sulfide) groups is 1. The van der Waals surface area contributed by atoms with Crippen molar-refractivity contribution in [2.24, 2.45) is 0 Å². The Bertz CT molecular complexity index is 565. The highest BCUT2D eigenvalue weighted by molar-refractivity contribution is 7.97. The van der Waals surface area contributed by atoms with Gasteiger partial charge >= 0.3 is 5.97 Å². The standard InChI is InChI=1S/C14H15NO3S/c1-19-9-11-7-6-10(18-11)8-15-13-5-3-2-4-12(13)14(16)17/h2-7,15H,8-9H2,1H3,(H,16,17). The largest absolute Gasteiger partial charge is 0.478 e. The molecule has 2 rings (SSSR count). The fourth-order valence-electron chi connectivity index (χ4n) is 1.74. The summed E-state index contributed by atoms with van der Waals surface area (Å²) in [6.07, 6.45) is 2.02. The summed E-state index contributed by atoms with van der Waals surface area (Å²) in [7, 11) is 0. The Morgan fingerprint density at radius 2 is 2.00 bits per heavy atom. The molecule has 0 aliphatic heterocycles. The van der Waals surface area contributed by atoms with Crippen LogP contribution in [0.4, 0.5) is 5.69 Å². The van der Waals surface area contributed by atoms with Gasteiger partial charge in [-0.15, -0.1) is 0 Å². The molecule has 1 aromatic heterocycles. The molecule has 0 bridgehead atoms. The van der Waals surface area contributed by atoms with Gasteiger partial charge in [0.25, 0.3) is 0 Å². The Hall–Kier alpha value is -1.88. The maximum atomic E-state index is 11.1. The minimum absolute atomic E-state index is 0.262. The molecule has 2 N–H and O–H groups in total. The highest BCUT2D eigenvalue weighted by Crippen LogP contribution is 2.18. The number of aromatic carboxylic acids is 1. The fraction of sp³-hybridized carbons (Fsp3) is 0.214. The number of carbonyl (C=O) groups is 1. The maximum absolute atomic E-state index is 11.1. The third kappa shape index (κ3) is 3.54. The summed E-state index contributed by atoms with van der Waals surface area (Å²) < 4.78 is 5.62. The van der Waals surface area contributed by atoms with Crippen molar-refractivity contribution in [3.63, 3.8) is 0 Å². The number of para-hydroxylation sites is 1. The molecule has 0 fully saturated rings. The topological polar surface area (TPSA) is 62.5 Å². The summed E-state index contributed by atoms with van der Waals surface area (Å²) in [6.45, 7) is 0.471. The van der Waals surface area contributed by atoms with Gasteiger partial charge in [-0.1, -0.05) is 12.1 Å². The lowest BCUT2D eigenvalue weighted by Crippen LogP contribution is -2.05. The van der Waals surface area contributed by atoms with Crippen LogP contribution in [0.2, 0.25) is 0 Å². The molecule has 0 spiro atoms. The summed E-state index contributed by atoms with van der Waals surface area (Å²) in [5.41, 5.74) is 0.858. The van der Waals surface area contributed by atoms with Gasteiger partial charge in [0.1, 0.15) is 11.5 Å². The first kappa shape index (κ1) is 13.5. The molecule has 0 unspecified atom stereocenters. The SMILES string of the molecule is CSCc1ccc(CNc2ccccc2C(=O)O)o1. The Labute approximate surface area is 115 Å². The van der Waals surface area contributed by atoms with Crippen LogP contribution >= 0.6 is 11.8 Å². The summed E-state index contributed by atoms with van der Waals surface area (Å²) in [5.74, 6) is 1.62. The minimum Gasteiger partial charge on any atom is -0.478 e. The smallest absolute Gasteiger partial charge is 0.337 e. The molecule has 100 valence electrons. The van der Waals surface area contributed by atoms with Crippen LogP contribution in [-0.2, 0) is 12.3 Å². The Kier molecular flexibility index (Phi) is 4.52. The number of nitrogens with one attached hydrogen (secondary N) is 1. The highest BCUT2D eigenvalue weighted by Gasteiger charge is 2.09. The average molecular weight is 277 g/mol. The van der Waals surface area contributed by atoms with Crippen LogP contribution in [0.25, 0.3) is 0 Å². The first-order valence-electron chi connectivity index (χ1n) is 5.83. The molecule has 1 heterocycles. The van der Waals surface area contributed by atoms with Gasteiger partial charge in [0.2, 0.25) is 0 Å². The zero-order valence-electron chi connectivity index (χ0n) is 10.6. The monoisotopic (exact) mass is 277 g/mol. The molecule has 0 atom stereocenters. The van der Waals surface area contributed by atoms with Crippen LogP contribution in [0.5, 0.6) is 0 Å². The maximum Gasteiger partial charge on any atom is 0.337 e. The number of furan rings is 1. The Morgan fingerprint density at radius 1 is 1.26 bits per heavy atom. The molecule has 0 amide bonds. The lowest BCUT2D eigenvalue weighted by molar-refractivity contribution is 0.0698.